The Bertz CT molecular complexity index is 647. The number of rotatable bonds is 5. The number of nitrogens with one attached hydrogen (secondary N) is 2. The van der Waals surface area contributed by atoms with Crippen LogP contribution in [0.15, 0.2) is 29.2 Å². The number of nitrogens with zero attached hydrogens (tertiary/aromatic N) is 1. The molecule has 0 spiro atoms. The number of hydrogen-bond acceptors (Lipinski definition) is 5. The molecule has 1 saturated carbocycles. The van der Waals surface area contributed by atoms with Crippen LogP contribution in [0, 0.1) is 16.0 Å². The van der Waals surface area contributed by atoms with Gasteiger partial charge in [-0.25, -0.2) is 13.1 Å². The maximum atomic E-state index is 12.2. The third kappa shape index (κ3) is 2.19. The molecule has 1 aliphatic carbocycles. The summed E-state index contributed by atoms with van der Waals surface area (Å²) in [5, 5.41) is 14.2. The smallest absolute Gasteiger partial charge is 0.289 e. The van der Waals surface area contributed by atoms with Gasteiger partial charge in [0.1, 0.15) is 0 Å². The molecule has 2 heterocycles. The molecule has 1 aromatic rings. The van der Waals surface area contributed by atoms with E-state index in [0.717, 1.165) is 19.4 Å². The molecule has 0 unspecified atom stereocenters. The molecular weight excluding hydrogens is 282 g/mol. The lowest BCUT2D eigenvalue weighted by molar-refractivity contribution is -0.387. The van der Waals surface area contributed by atoms with Crippen LogP contribution in [0.4, 0.5) is 5.69 Å². The lowest BCUT2D eigenvalue weighted by Gasteiger charge is -2.37. The number of nitro benzene ring substituents is 1. The van der Waals surface area contributed by atoms with Crippen LogP contribution in [-0.4, -0.2) is 32.0 Å². The summed E-state index contributed by atoms with van der Waals surface area (Å²) in [6, 6.07) is 5.38. The van der Waals surface area contributed by atoms with Gasteiger partial charge in [0.25, 0.3) is 5.69 Å². The average molecular weight is 297 g/mol. The summed E-state index contributed by atoms with van der Waals surface area (Å²) in [5.41, 5.74) is -0.551. The Balaban J connectivity index is 1.80. The fourth-order valence-corrected chi connectivity index (χ4v) is 4.35. The van der Waals surface area contributed by atoms with Crippen molar-refractivity contribution in [3.63, 3.8) is 0 Å². The van der Waals surface area contributed by atoms with E-state index in [0.29, 0.717) is 5.92 Å². The van der Waals surface area contributed by atoms with Crippen molar-refractivity contribution >= 4 is 15.7 Å². The summed E-state index contributed by atoms with van der Waals surface area (Å²) in [4.78, 5) is 9.94. The average Bonchev–Trinajstić information content (AvgIpc) is 2.96. The van der Waals surface area contributed by atoms with Crippen LogP contribution in [0.25, 0.3) is 0 Å². The van der Waals surface area contributed by atoms with Crippen molar-refractivity contribution in [3.05, 3.63) is 34.4 Å². The minimum atomic E-state index is -3.87. The van der Waals surface area contributed by atoms with Crippen molar-refractivity contribution in [1.29, 1.82) is 0 Å². The molecule has 0 radical (unpaired) electrons. The van der Waals surface area contributed by atoms with E-state index in [9.17, 15) is 18.5 Å². The Morgan fingerprint density at radius 3 is 2.70 bits per heavy atom. The van der Waals surface area contributed by atoms with Crippen molar-refractivity contribution in [2.75, 3.05) is 13.1 Å². The molecular formula is C12H15N3O4S. The Morgan fingerprint density at radius 2 is 2.10 bits per heavy atom. The molecule has 4 rings (SSSR count). The van der Waals surface area contributed by atoms with E-state index >= 15 is 0 Å². The Morgan fingerprint density at radius 1 is 1.40 bits per heavy atom. The third-order valence-electron chi connectivity index (χ3n) is 4.08. The molecule has 2 aliphatic heterocycles. The summed E-state index contributed by atoms with van der Waals surface area (Å²) in [6.07, 6.45) is 1.93. The van der Waals surface area contributed by atoms with Gasteiger partial charge >= 0.3 is 0 Å². The molecule has 1 aromatic carbocycles. The molecule has 3 fully saturated rings. The molecule has 2 saturated heterocycles. The van der Waals surface area contributed by atoms with Crippen LogP contribution in [-0.2, 0) is 10.0 Å². The molecule has 0 atom stereocenters. The molecule has 0 amide bonds. The second-order valence-electron chi connectivity index (χ2n) is 5.48. The lowest BCUT2D eigenvalue weighted by atomic mass is 9.74. The van der Waals surface area contributed by atoms with Gasteiger partial charge in [-0.3, -0.25) is 10.1 Å². The van der Waals surface area contributed by atoms with Crippen LogP contribution in [0.1, 0.15) is 12.8 Å². The van der Waals surface area contributed by atoms with Crippen LogP contribution >= 0.6 is 0 Å². The zero-order valence-corrected chi connectivity index (χ0v) is 11.5. The van der Waals surface area contributed by atoms with Crippen molar-refractivity contribution in [2.24, 2.45) is 5.92 Å². The van der Waals surface area contributed by atoms with Gasteiger partial charge in [-0.05, 0) is 31.4 Å². The van der Waals surface area contributed by atoms with E-state index in [-0.39, 0.29) is 17.0 Å². The largest absolute Gasteiger partial charge is 0.310 e. The number of benzene rings is 1. The second-order valence-corrected chi connectivity index (χ2v) is 7.22. The van der Waals surface area contributed by atoms with Gasteiger partial charge in [-0.1, -0.05) is 12.1 Å². The Hall–Kier alpha value is -1.51. The van der Waals surface area contributed by atoms with Gasteiger partial charge in [0.05, 0.1) is 4.92 Å². The van der Waals surface area contributed by atoms with E-state index < -0.39 is 20.6 Å². The fraction of sp³-hybridized carbons (Fsp3) is 0.500. The van der Waals surface area contributed by atoms with Crippen molar-refractivity contribution in [2.45, 2.75) is 23.3 Å². The quantitative estimate of drug-likeness (QED) is 0.613. The predicted molar refractivity (Wildman–Crippen MR) is 71.7 cm³/mol. The molecule has 8 heteroatoms. The molecule has 3 aliphatic rings. The standard InChI is InChI=1S/C12H15N3O4S/c16-15(17)10-3-1-2-4-11(10)20(18,19)14-8-12-5-9(6-12)7-13-12/h1-4,9,13-14H,5-8H2. The highest BCUT2D eigenvalue weighted by molar-refractivity contribution is 7.89. The van der Waals surface area contributed by atoms with Gasteiger partial charge in [-0.2, -0.15) is 0 Å². The summed E-state index contributed by atoms with van der Waals surface area (Å²) < 4.78 is 27.0. The highest BCUT2D eigenvalue weighted by Crippen LogP contribution is 2.43. The van der Waals surface area contributed by atoms with Crippen molar-refractivity contribution in [1.82, 2.24) is 10.0 Å². The molecule has 2 N–H and O–H groups in total. The highest BCUT2D eigenvalue weighted by Gasteiger charge is 2.50. The zero-order chi connectivity index (χ0) is 14.4. The second kappa shape index (κ2) is 4.51. The van der Waals surface area contributed by atoms with E-state index in [4.69, 9.17) is 0 Å². The minimum absolute atomic E-state index is 0.151. The van der Waals surface area contributed by atoms with E-state index in [1.54, 1.807) is 0 Å². The Kier molecular flexibility index (Phi) is 3.03. The van der Waals surface area contributed by atoms with Crippen molar-refractivity contribution in [3.8, 4) is 0 Å². The third-order valence-corrected chi connectivity index (χ3v) is 5.53. The van der Waals surface area contributed by atoms with Gasteiger partial charge in [0.15, 0.2) is 4.90 Å². The first-order valence-corrected chi connectivity index (χ1v) is 7.88. The number of fused-ring (bicyclic) bond motifs is 1. The zero-order valence-electron chi connectivity index (χ0n) is 10.7. The van der Waals surface area contributed by atoms with Crippen LogP contribution in [0.3, 0.4) is 0 Å². The van der Waals surface area contributed by atoms with Crippen LogP contribution in [0.2, 0.25) is 0 Å². The number of hydrogen-bond donors (Lipinski definition) is 2. The lowest BCUT2D eigenvalue weighted by Crippen LogP contribution is -2.52. The van der Waals surface area contributed by atoms with Crippen LogP contribution in [0.5, 0.6) is 0 Å². The maximum absolute atomic E-state index is 12.2. The molecule has 20 heavy (non-hydrogen) atoms. The van der Waals surface area contributed by atoms with Crippen molar-refractivity contribution < 1.29 is 13.3 Å². The van der Waals surface area contributed by atoms with Gasteiger partial charge in [0.2, 0.25) is 10.0 Å². The number of sulfonamides is 1. The summed E-state index contributed by atoms with van der Waals surface area (Å²) in [7, 11) is -3.87. The summed E-state index contributed by atoms with van der Waals surface area (Å²) in [5.74, 6) is 0.644. The number of para-hydroxylation sites is 1. The molecule has 108 valence electrons. The SMILES string of the molecule is O=[N+]([O-])c1ccccc1S(=O)(=O)NCC12CC(CN1)C2. The minimum Gasteiger partial charge on any atom is -0.310 e. The first kappa shape index (κ1) is 13.5. The monoisotopic (exact) mass is 297 g/mol. The first-order valence-electron chi connectivity index (χ1n) is 6.40. The predicted octanol–water partition coefficient (Wildman–Crippen LogP) is 0.625. The topological polar surface area (TPSA) is 101 Å². The van der Waals surface area contributed by atoms with Gasteiger partial charge in [0, 0.05) is 18.2 Å². The Labute approximate surface area is 116 Å². The molecule has 7 nitrogen and oxygen atoms in total. The summed E-state index contributed by atoms with van der Waals surface area (Å²) in [6.45, 7) is 1.20. The van der Waals surface area contributed by atoms with Crippen LogP contribution < -0.4 is 10.0 Å². The molecule has 0 aromatic heterocycles. The molecule has 2 bridgehead atoms. The normalized spacial score (nSPS) is 28.1. The first-order chi connectivity index (χ1) is 9.42. The van der Waals surface area contributed by atoms with Gasteiger partial charge in [-0.15, -0.1) is 0 Å². The summed E-state index contributed by atoms with van der Waals surface area (Å²) >= 11 is 0. The van der Waals surface area contributed by atoms with E-state index in [1.807, 2.05) is 0 Å². The van der Waals surface area contributed by atoms with E-state index in [1.165, 1.54) is 24.3 Å². The van der Waals surface area contributed by atoms with E-state index in [2.05, 4.69) is 10.0 Å². The number of nitro groups is 1. The fourth-order valence-electron chi connectivity index (χ4n) is 3.05. The van der Waals surface area contributed by atoms with Gasteiger partial charge < -0.3 is 5.32 Å². The maximum Gasteiger partial charge on any atom is 0.289 e. The highest BCUT2D eigenvalue weighted by atomic mass is 32.2.